The van der Waals surface area contributed by atoms with Crippen LogP contribution in [-0.2, 0) is 5.54 Å². The van der Waals surface area contributed by atoms with Gasteiger partial charge in [-0.2, -0.15) is 0 Å². The van der Waals surface area contributed by atoms with Gasteiger partial charge in [-0.15, -0.1) is 0 Å². The monoisotopic (exact) mass is 431 g/mol. The van der Waals surface area contributed by atoms with Crippen LogP contribution in [0.1, 0.15) is 64.5 Å². The van der Waals surface area contributed by atoms with Gasteiger partial charge in [0.1, 0.15) is 11.6 Å². The smallest absolute Gasteiger partial charge is 0.141 e. The Labute approximate surface area is 191 Å². The maximum absolute atomic E-state index is 13.9. The molecule has 0 fully saturated rings. The van der Waals surface area contributed by atoms with Gasteiger partial charge in [0.2, 0.25) is 0 Å². The summed E-state index contributed by atoms with van der Waals surface area (Å²) in [4.78, 5) is 7.17. The number of rotatable bonds is 9. The van der Waals surface area contributed by atoms with Crippen molar-refractivity contribution in [1.82, 2.24) is 14.5 Å². The van der Waals surface area contributed by atoms with E-state index in [1.165, 1.54) is 11.3 Å². The minimum absolute atomic E-state index is 0.217. The molecule has 32 heavy (non-hydrogen) atoms. The van der Waals surface area contributed by atoms with E-state index in [2.05, 4.69) is 79.2 Å². The van der Waals surface area contributed by atoms with Crippen molar-refractivity contribution in [2.45, 2.75) is 71.0 Å². The number of hydrogen-bond acceptors (Lipinski definition) is 2. The van der Waals surface area contributed by atoms with E-state index in [9.17, 15) is 4.39 Å². The highest BCUT2D eigenvalue weighted by atomic mass is 19.1. The molecule has 0 radical (unpaired) electrons. The molecule has 2 aromatic carbocycles. The normalized spacial score (nSPS) is 18.7. The molecule has 1 aliphatic rings. The van der Waals surface area contributed by atoms with Crippen LogP contribution >= 0.6 is 0 Å². The van der Waals surface area contributed by atoms with Crippen LogP contribution in [0.25, 0.3) is 11.4 Å². The average molecular weight is 432 g/mol. The van der Waals surface area contributed by atoms with Gasteiger partial charge in [-0.25, -0.2) is 9.37 Å². The molecule has 0 aliphatic carbocycles. The maximum atomic E-state index is 13.9. The molecule has 0 N–H and O–H groups in total. The lowest BCUT2D eigenvalue weighted by atomic mass is 9.78. The summed E-state index contributed by atoms with van der Waals surface area (Å²) in [7, 11) is 0. The number of aromatic nitrogens is 2. The van der Waals surface area contributed by atoms with Crippen LogP contribution in [0.2, 0.25) is 0 Å². The van der Waals surface area contributed by atoms with Crippen molar-refractivity contribution in [1.29, 1.82) is 0 Å². The summed E-state index contributed by atoms with van der Waals surface area (Å²) in [6.45, 7) is 13.6. The number of hydrogen-bond donors (Lipinski definition) is 0. The second-order valence-electron chi connectivity index (χ2n) is 9.02. The highest BCUT2D eigenvalue weighted by Crippen LogP contribution is 2.50. The molecular weight excluding hydrogens is 397 g/mol. The molecule has 0 bridgehead atoms. The van der Waals surface area contributed by atoms with E-state index in [1.54, 1.807) is 12.1 Å². The molecule has 3 aromatic rings. The Balaban J connectivity index is 1.78. The highest BCUT2D eigenvalue weighted by Gasteiger charge is 2.44. The predicted molar refractivity (Wildman–Crippen MR) is 130 cm³/mol. The summed E-state index contributed by atoms with van der Waals surface area (Å²) in [6.07, 6.45) is 7.77. The van der Waals surface area contributed by atoms with E-state index in [0.717, 1.165) is 42.6 Å². The Hall–Kier alpha value is -2.88. The molecular formula is C28H34FN3. The molecule has 3 atom stereocenters. The predicted octanol–water partition coefficient (Wildman–Crippen LogP) is 6.99. The maximum Gasteiger partial charge on any atom is 0.141 e. The van der Waals surface area contributed by atoms with E-state index in [4.69, 9.17) is 0 Å². The van der Waals surface area contributed by atoms with Gasteiger partial charge in [0.15, 0.2) is 0 Å². The topological polar surface area (TPSA) is 21.1 Å². The number of allylic oxidation sites excluding steroid dienone is 1. The second-order valence-corrected chi connectivity index (χ2v) is 9.02. The fourth-order valence-corrected chi connectivity index (χ4v) is 5.30. The van der Waals surface area contributed by atoms with Crippen LogP contribution in [0.3, 0.4) is 0 Å². The summed E-state index contributed by atoms with van der Waals surface area (Å²) in [5, 5.41) is 0. The first kappa shape index (κ1) is 22.3. The van der Waals surface area contributed by atoms with Crippen LogP contribution < -0.4 is 0 Å². The quantitative estimate of drug-likeness (QED) is 0.364. The standard InChI is InChI=1S/C28H34FN3/c1-6-20(3)32(21(4)7-2)22(5)16-17-28(23-12-14-24(29)15-13-23)26-11-9-8-10-25(26)27-30-18-19-31(27)28/h8-15,18-21H,5-7,16-17H2,1-4H3. The first-order chi connectivity index (χ1) is 15.4. The molecule has 0 saturated heterocycles. The van der Waals surface area contributed by atoms with Crippen molar-refractivity contribution >= 4 is 0 Å². The van der Waals surface area contributed by atoms with Gasteiger partial charge in [0, 0.05) is 35.7 Å². The van der Waals surface area contributed by atoms with Crippen LogP contribution in [0.4, 0.5) is 4.39 Å². The Bertz CT molecular complexity index is 1070. The van der Waals surface area contributed by atoms with Gasteiger partial charge in [-0.05, 0) is 62.8 Å². The number of imidazole rings is 1. The molecule has 3 unspecified atom stereocenters. The molecule has 0 saturated carbocycles. The number of benzene rings is 2. The van der Waals surface area contributed by atoms with Crippen molar-refractivity contribution in [2.24, 2.45) is 0 Å². The lowest BCUT2D eigenvalue weighted by Gasteiger charge is -2.40. The lowest BCUT2D eigenvalue weighted by Crippen LogP contribution is -2.40. The zero-order chi connectivity index (χ0) is 22.9. The van der Waals surface area contributed by atoms with Crippen molar-refractivity contribution in [3.8, 4) is 11.4 Å². The van der Waals surface area contributed by atoms with Gasteiger partial charge >= 0.3 is 0 Å². The SMILES string of the molecule is C=C(CCC1(c2ccc(F)cc2)c2ccccc2-c2nccn21)N(C(C)CC)C(C)CC. The van der Waals surface area contributed by atoms with E-state index in [1.807, 2.05) is 18.3 Å². The zero-order valence-electron chi connectivity index (χ0n) is 19.7. The van der Waals surface area contributed by atoms with E-state index in [-0.39, 0.29) is 5.82 Å². The van der Waals surface area contributed by atoms with Gasteiger partial charge < -0.3 is 9.47 Å². The fourth-order valence-electron chi connectivity index (χ4n) is 5.30. The molecule has 0 spiro atoms. The Kier molecular flexibility index (Phi) is 6.23. The first-order valence-electron chi connectivity index (χ1n) is 11.8. The molecule has 2 heterocycles. The molecule has 168 valence electrons. The molecule has 1 aromatic heterocycles. The second kappa shape index (κ2) is 8.93. The minimum atomic E-state index is -0.435. The third-order valence-electron chi connectivity index (χ3n) is 7.26. The molecule has 4 heteroatoms. The molecule has 4 rings (SSSR count). The van der Waals surface area contributed by atoms with Gasteiger partial charge in [0.25, 0.3) is 0 Å². The number of fused-ring (bicyclic) bond motifs is 3. The molecule has 1 aliphatic heterocycles. The van der Waals surface area contributed by atoms with E-state index < -0.39 is 5.54 Å². The summed E-state index contributed by atoms with van der Waals surface area (Å²) in [5.74, 6) is 0.751. The van der Waals surface area contributed by atoms with Crippen LogP contribution in [0, 0.1) is 5.82 Å². The van der Waals surface area contributed by atoms with Crippen molar-refractivity contribution in [3.05, 3.63) is 90.1 Å². The van der Waals surface area contributed by atoms with Crippen molar-refractivity contribution in [2.75, 3.05) is 0 Å². The van der Waals surface area contributed by atoms with Crippen molar-refractivity contribution < 1.29 is 4.39 Å². The van der Waals surface area contributed by atoms with Crippen molar-refractivity contribution in [3.63, 3.8) is 0 Å². The fraction of sp³-hybridized carbons (Fsp3) is 0.393. The first-order valence-corrected chi connectivity index (χ1v) is 11.8. The Morgan fingerprint density at radius 3 is 2.38 bits per heavy atom. The van der Waals surface area contributed by atoms with Crippen LogP contribution in [0.15, 0.2) is 73.2 Å². The zero-order valence-corrected chi connectivity index (χ0v) is 19.7. The van der Waals surface area contributed by atoms with E-state index >= 15 is 0 Å². The van der Waals surface area contributed by atoms with Gasteiger partial charge in [-0.1, -0.05) is 56.8 Å². The molecule has 3 nitrogen and oxygen atoms in total. The third kappa shape index (κ3) is 3.56. The largest absolute Gasteiger partial charge is 0.370 e. The summed E-state index contributed by atoms with van der Waals surface area (Å²) in [5.41, 5.74) is 4.18. The number of nitrogens with zero attached hydrogens (tertiary/aromatic N) is 3. The highest BCUT2D eigenvalue weighted by molar-refractivity contribution is 5.71. The van der Waals surface area contributed by atoms with E-state index in [0.29, 0.717) is 12.1 Å². The summed E-state index contributed by atoms with van der Waals surface area (Å²) < 4.78 is 16.1. The summed E-state index contributed by atoms with van der Waals surface area (Å²) in [6, 6.07) is 16.3. The van der Waals surface area contributed by atoms with Crippen LogP contribution in [0.5, 0.6) is 0 Å². The summed E-state index contributed by atoms with van der Waals surface area (Å²) >= 11 is 0. The van der Waals surface area contributed by atoms with Crippen LogP contribution in [-0.4, -0.2) is 26.5 Å². The Morgan fingerprint density at radius 2 is 1.72 bits per heavy atom. The van der Waals surface area contributed by atoms with Gasteiger partial charge in [0.05, 0.1) is 5.54 Å². The van der Waals surface area contributed by atoms with Gasteiger partial charge in [-0.3, -0.25) is 0 Å². The Morgan fingerprint density at radius 1 is 1.06 bits per heavy atom. The number of halogens is 1. The minimum Gasteiger partial charge on any atom is -0.370 e. The lowest BCUT2D eigenvalue weighted by molar-refractivity contribution is 0.186. The third-order valence-corrected chi connectivity index (χ3v) is 7.26. The molecule has 0 amide bonds. The average Bonchev–Trinajstić information content (AvgIpc) is 3.39.